The summed E-state index contributed by atoms with van der Waals surface area (Å²) < 4.78 is 13.8. The molecular weight excluding hydrogens is 722 g/mol. The Bertz CT molecular complexity index is 1420. The molecular formula is C27H21ClI2N2O5. The standard InChI is InChI=1S/C27H21ClI2N2O5/c1-3-36-23-12-17(11-22(30)24(23)37-14-16-5-7-18(29)8-6-16)10-20-25(33)31-27(35)32(26(20)34)19-9-4-15(2)21(28)13-19/h4-13H,3,14H2,1-2H3,(H,31,33,35)/b20-10-. The molecule has 0 aromatic heterocycles. The summed E-state index contributed by atoms with van der Waals surface area (Å²) >= 11 is 10.6. The largest absolute Gasteiger partial charge is 0.490 e. The Labute approximate surface area is 246 Å². The van der Waals surface area contributed by atoms with Gasteiger partial charge in [0, 0.05) is 8.59 Å². The number of urea groups is 1. The molecule has 0 atom stereocenters. The number of aryl methyl sites for hydroxylation is 1. The van der Waals surface area contributed by atoms with E-state index in [4.69, 9.17) is 21.1 Å². The number of nitrogens with zero attached hydrogens (tertiary/aromatic N) is 1. The first-order chi connectivity index (χ1) is 17.7. The number of imide groups is 2. The fourth-order valence-corrected chi connectivity index (χ4v) is 4.91. The molecule has 0 saturated carbocycles. The van der Waals surface area contributed by atoms with Gasteiger partial charge >= 0.3 is 6.03 Å². The van der Waals surface area contributed by atoms with Crippen molar-refractivity contribution >= 4 is 86.4 Å². The second kappa shape index (κ2) is 11.8. The van der Waals surface area contributed by atoms with Crippen molar-refractivity contribution in [2.75, 3.05) is 11.5 Å². The minimum atomic E-state index is -0.837. The number of barbiturate groups is 1. The Morgan fingerprint density at radius 2 is 1.73 bits per heavy atom. The second-order valence-corrected chi connectivity index (χ2v) is 10.9. The SMILES string of the molecule is CCOc1cc(/C=C2/C(=O)NC(=O)N(c3ccc(C)c(Cl)c3)C2=O)cc(I)c1OCc1ccc(I)cc1. The van der Waals surface area contributed by atoms with E-state index in [2.05, 4.69) is 50.5 Å². The van der Waals surface area contributed by atoms with Gasteiger partial charge in [0.15, 0.2) is 11.5 Å². The lowest BCUT2D eigenvalue weighted by atomic mass is 10.1. The predicted molar refractivity (Wildman–Crippen MR) is 159 cm³/mol. The van der Waals surface area contributed by atoms with E-state index in [1.165, 1.54) is 12.1 Å². The zero-order valence-electron chi connectivity index (χ0n) is 19.8. The number of halogens is 3. The number of rotatable bonds is 7. The van der Waals surface area contributed by atoms with E-state index >= 15 is 0 Å². The van der Waals surface area contributed by atoms with Gasteiger partial charge in [0.25, 0.3) is 11.8 Å². The van der Waals surface area contributed by atoms with Gasteiger partial charge in [-0.05, 0) is 118 Å². The number of carbonyl (C=O) groups excluding carboxylic acids is 3. The van der Waals surface area contributed by atoms with E-state index in [-0.39, 0.29) is 11.3 Å². The summed E-state index contributed by atoms with van der Waals surface area (Å²) in [5.74, 6) is -0.487. The van der Waals surface area contributed by atoms with E-state index in [0.29, 0.717) is 35.3 Å². The first kappa shape index (κ1) is 27.4. The summed E-state index contributed by atoms with van der Waals surface area (Å²) in [7, 11) is 0. The van der Waals surface area contributed by atoms with Crippen molar-refractivity contribution in [3.63, 3.8) is 0 Å². The lowest BCUT2D eigenvalue weighted by Crippen LogP contribution is -2.54. The minimum Gasteiger partial charge on any atom is -0.490 e. The molecule has 0 radical (unpaired) electrons. The van der Waals surface area contributed by atoms with E-state index in [1.54, 1.807) is 24.3 Å². The van der Waals surface area contributed by atoms with Crippen molar-refractivity contribution in [1.82, 2.24) is 5.32 Å². The molecule has 3 aromatic rings. The van der Waals surface area contributed by atoms with Gasteiger partial charge in [-0.25, -0.2) is 9.69 Å². The number of hydrogen-bond acceptors (Lipinski definition) is 5. The maximum absolute atomic E-state index is 13.3. The summed E-state index contributed by atoms with van der Waals surface area (Å²) in [6, 6.07) is 15.5. The van der Waals surface area contributed by atoms with Crippen LogP contribution in [0.2, 0.25) is 5.02 Å². The molecule has 0 aliphatic carbocycles. The van der Waals surface area contributed by atoms with Gasteiger partial charge in [-0.15, -0.1) is 0 Å². The first-order valence-electron chi connectivity index (χ1n) is 11.2. The third-order valence-corrected chi connectivity index (χ3v) is 7.38. The van der Waals surface area contributed by atoms with Crippen LogP contribution in [-0.4, -0.2) is 24.5 Å². The number of nitrogens with one attached hydrogen (secondary N) is 1. The number of anilines is 1. The Morgan fingerprint density at radius 3 is 2.41 bits per heavy atom. The highest BCUT2D eigenvalue weighted by Gasteiger charge is 2.37. The van der Waals surface area contributed by atoms with Gasteiger partial charge in [0.2, 0.25) is 0 Å². The fourth-order valence-electron chi connectivity index (χ4n) is 3.59. The van der Waals surface area contributed by atoms with Crippen LogP contribution in [0.5, 0.6) is 11.5 Å². The van der Waals surface area contributed by atoms with E-state index < -0.39 is 17.8 Å². The quantitative estimate of drug-likeness (QED) is 0.170. The van der Waals surface area contributed by atoms with Gasteiger partial charge in [0.05, 0.1) is 15.9 Å². The highest BCUT2D eigenvalue weighted by molar-refractivity contribution is 14.1. The Morgan fingerprint density at radius 1 is 1.00 bits per heavy atom. The molecule has 1 saturated heterocycles. The average Bonchev–Trinajstić information content (AvgIpc) is 2.84. The van der Waals surface area contributed by atoms with Gasteiger partial charge in [-0.1, -0.05) is 29.8 Å². The van der Waals surface area contributed by atoms with Crippen LogP contribution in [0, 0.1) is 14.1 Å². The molecule has 10 heteroatoms. The molecule has 1 aliphatic heterocycles. The average molecular weight is 743 g/mol. The lowest BCUT2D eigenvalue weighted by molar-refractivity contribution is -0.122. The highest BCUT2D eigenvalue weighted by Crippen LogP contribution is 2.36. The van der Waals surface area contributed by atoms with Crippen LogP contribution in [0.3, 0.4) is 0 Å². The van der Waals surface area contributed by atoms with Crippen molar-refractivity contribution in [1.29, 1.82) is 0 Å². The fraction of sp³-hybridized carbons (Fsp3) is 0.148. The number of carbonyl (C=O) groups is 3. The molecule has 0 bridgehead atoms. The van der Waals surface area contributed by atoms with E-state index in [9.17, 15) is 14.4 Å². The molecule has 190 valence electrons. The van der Waals surface area contributed by atoms with Crippen molar-refractivity contribution in [3.8, 4) is 11.5 Å². The molecule has 1 N–H and O–H groups in total. The Kier molecular flexibility index (Phi) is 8.75. The number of ether oxygens (including phenoxy) is 2. The highest BCUT2D eigenvalue weighted by atomic mass is 127. The Hall–Kier alpha value is -2.64. The van der Waals surface area contributed by atoms with Crippen LogP contribution in [0.1, 0.15) is 23.6 Å². The second-order valence-electron chi connectivity index (χ2n) is 8.07. The number of benzene rings is 3. The molecule has 0 unspecified atom stereocenters. The topological polar surface area (TPSA) is 84.9 Å². The molecule has 37 heavy (non-hydrogen) atoms. The molecule has 4 amide bonds. The van der Waals surface area contributed by atoms with Crippen LogP contribution in [0.25, 0.3) is 6.08 Å². The van der Waals surface area contributed by atoms with Gasteiger partial charge in [-0.3, -0.25) is 14.9 Å². The normalized spacial score (nSPS) is 14.7. The van der Waals surface area contributed by atoms with Crippen LogP contribution >= 0.6 is 56.8 Å². The van der Waals surface area contributed by atoms with Crippen LogP contribution in [0.4, 0.5) is 10.5 Å². The predicted octanol–water partition coefficient (Wildman–Crippen LogP) is 6.50. The van der Waals surface area contributed by atoms with Gasteiger partial charge < -0.3 is 9.47 Å². The van der Waals surface area contributed by atoms with Crippen LogP contribution in [0.15, 0.2) is 60.2 Å². The number of hydrogen-bond donors (Lipinski definition) is 1. The van der Waals surface area contributed by atoms with E-state index in [0.717, 1.165) is 23.2 Å². The zero-order valence-corrected chi connectivity index (χ0v) is 24.9. The molecule has 4 rings (SSSR count). The van der Waals surface area contributed by atoms with Crippen LogP contribution in [-0.2, 0) is 16.2 Å². The summed E-state index contributed by atoms with van der Waals surface area (Å²) in [5, 5.41) is 2.63. The first-order valence-corrected chi connectivity index (χ1v) is 13.7. The van der Waals surface area contributed by atoms with Crippen LogP contribution < -0.4 is 19.7 Å². The summed E-state index contributed by atoms with van der Waals surface area (Å²) in [5.41, 5.74) is 2.42. The molecule has 1 fully saturated rings. The van der Waals surface area contributed by atoms with Crippen molar-refractivity contribution in [3.05, 3.63) is 89.0 Å². The molecule has 1 heterocycles. The van der Waals surface area contributed by atoms with Gasteiger partial charge in [-0.2, -0.15) is 0 Å². The van der Waals surface area contributed by atoms with Crippen molar-refractivity contribution < 1.29 is 23.9 Å². The maximum atomic E-state index is 13.3. The molecule has 0 spiro atoms. The molecule has 7 nitrogen and oxygen atoms in total. The summed E-state index contributed by atoms with van der Waals surface area (Å²) in [4.78, 5) is 39.3. The monoisotopic (exact) mass is 742 g/mol. The summed E-state index contributed by atoms with van der Waals surface area (Å²) in [6.07, 6.45) is 1.43. The van der Waals surface area contributed by atoms with E-state index in [1.807, 2.05) is 38.1 Å². The third-order valence-electron chi connectivity index (χ3n) is 5.45. The smallest absolute Gasteiger partial charge is 0.335 e. The zero-order chi connectivity index (χ0) is 26.7. The minimum absolute atomic E-state index is 0.192. The van der Waals surface area contributed by atoms with Crippen molar-refractivity contribution in [2.45, 2.75) is 20.5 Å². The maximum Gasteiger partial charge on any atom is 0.335 e. The van der Waals surface area contributed by atoms with Gasteiger partial charge in [0.1, 0.15) is 12.2 Å². The third kappa shape index (κ3) is 6.27. The lowest BCUT2D eigenvalue weighted by Gasteiger charge is -2.26. The molecule has 1 aliphatic rings. The molecule has 3 aromatic carbocycles. The summed E-state index contributed by atoms with van der Waals surface area (Å²) in [6.45, 7) is 4.41. The van der Waals surface area contributed by atoms with Crippen molar-refractivity contribution in [2.24, 2.45) is 0 Å². The Balaban J connectivity index is 1.66. The number of amides is 4.